The Labute approximate surface area is 162 Å². The van der Waals surface area contributed by atoms with Crippen LogP contribution in [0.25, 0.3) is 0 Å². The molecule has 0 bridgehead atoms. The van der Waals surface area contributed by atoms with Crippen molar-refractivity contribution in [2.24, 2.45) is 0 Å². The van der Waals surface area contributed by atoms with Gasteiger partial charge in [-0.25, -0.2) is 0 Å². The maximum atomic E-state index is 12.2. The molecule has 2 amide bonds. The van der Waals surface area contributed by atoms with Crippen LogP contribution in [0.2, 0.25) is 5.02 Å². The smallest absolute Gasteiger partial charge is 0.313 e. The predicted molar refractivity (Wildman–Crippen MR) is 102 cm³/mol. The number of aromatic nitrogens is 1. The Balaban J connectivity index is 1.61. The van der Waals surface area contributed by atoms with Gasteiger partial charge in [0.05, 0.1) is 19.3 Å². The molecule has 8 heteroatoms. The van der Waals surface area contributed by atoms with E-state index >= 15 is 0 Å². The molecule has 1 aromatic carbocycles. The third kappa shape index (κ3) is 5.50. The topological polar surface area (TPSA) is 83.6 Å². The predicted octanol–water partition coefficient (Wildman–Crippen LogP) is 1.86. The van der Waals surface area contributed by atoms with Crippen LogP contribution in [0, 0.1) is 0 Å². The maximum absolute atomic E-state index is 12.2. The Morgan fingerprint density at radius 1 is 1.15 bits per heavy atom. The summed E-state index contributed by atoms with van der Waals surface area (Å²) in [6, 6.07) is 10.3. The zero-order chi connectivity index (χ0) is 19.1. The SMILES string of the molecule is O=C(NC[C@H](c1cccnc1)N1CCOCC1)C(=O)Nc1ccc(Cl)cc1. The van der Waals surface area contributed by atoms with Crippen molar-refractivity contribution in [3.8, 4) is 0 Å². The van der Waals surface area contributed by atoms with E-state index in [1.807, 2.05) is 12.1 Å². The number of carbonyl (C=O) groups is 2. The Kier molecular flexibility index (Phi) is 6.75. The van der Waals surface area contributed by atoms with E-state index < -0.39 is 11.8 Å². The molecule has 0 aliphatic carbocycles. The van der Waals surface area contributed by atoms with Gasteiger partial charge in [0.25, 0.3) is 0 Å². The van der Waals surface area contributed by atoms with Crippen molar-refractivity contribution in [3.63, 3.8) is 0 Å². The maximum Gasteiger partial charge on any atom is 0.313 e. The normalized spacial score (nSPS) is 15.7. The van der Waals surface area contributed by atoms with Crippen molar-refractivity contribution < 1.29 is 14.3 Å². The van der Waals surface area contributed by atoms with Crippen molar-refractivity contribution >= 4 is 29.1 Å². The number of hydrogen-bond acceptors (Lipinski definition) is 5. The van der Waals surface area contributed by atoms with Crippen molar-refractivity contribution in [2.45, 2.75) is 6.04 Å². The van der Waals surface area contributed by atoms with Crippen LogP contribution in [-0.4, -0.2) is 54.5 Å². The van der Waals surface area contributed by atoms with Crippen LogP contribution in [0.15, 0.2) is 48.8 Å². The number of pyridine rings is 1. The minimum atomic E-state index is -0.718. The number of rotatable bonds is 5. The van der Waals surface area contributed by atoms with Gasteiger partial charge >= 0.3 is 11.8 Å². The van der Waals surface area contributed by atoms with Gasteiger partial charge in [0.15, 0.2) is 0 Å². The van der Waals surface area contributed by atoms with E-state index in [-0.39, 0.29) is 6.04 Å². The summed E-state index contributed by atoms with van der Waals surface area (Å²) in [5.41, 5.74) is 1.49. The molecule has 7 nitrogen and oxygen atoms in total. The lowest BCUT2D eigenvalue weighted by molar-refractivity contribution is -0.136. The second kappa shape index (κ2) is 9.45. The fourth-order valence-corrected chi connectivity index (χ4v) is 3.04. The van der Waals surface area contributed by atoms with E-state index in [1.54, 1.807) is 36.7 Å². The highest BCUT2D eigenvalue weighted by molar-refractivity contribution is 6.39. The number of halogens is 1. The first-order valence-corrected chi connectivity index (χ1v) is 9.08. The fraction of sp³-hybridized carbons (Fsp3) is 0.316. The van der Waals surface area contributed by atoms with Crippen LogP contribution < -0.4 is 10.6 Å². The molecule has 2 N–H and O–H groups in total. The Morgan fingerprint density at radius 3 is 2.56 bits per heavy atom. The molecule has 2 heterocycles. The molecular weight excluding hydrogens is 368 g/mol. The van der Waals surface area contributed by atoms with Gasteiger partial charge in [0.2, 0.25) is 0 Å². The standard InChI is InChI=1S/C19H21ClN4O3/c20-15-3-5-16(6-4-15)23-19(26)18(25)22-13-17(14-2-1-7-21-12-14)24-8-10-27-11-9-24/h1-7,12,17H,8-11,13H2,(H,22,25)(H,23,26)/t17-/m1/s1. The molecule has 1 fully saturated rings. The molecule has 0 radical (unpaired) electrons. The first kappa shape index (κ1) is 19.3. The van der Waals surface area contributed by atoms with Crippen LogP contribution in [0.5, 0.6) is 0 Å². The average Bonchev–Trinajstić information content (AvgIpc) is 2.71. The van der Waals surface area contributed by atoms with Gasteiger partial charge in [-0.05, 0) is 35.9 Å². The van der Waals surface area contributed by atoms with Crippen molar-refractivity contribution in [3.05, 3.63) is 59.4 Å². The quantitative estimate of drug-likeness (QED) is 0.764. The summed E-state index contributed by atoms with van der Waals surface area (Å²) in [6.45, 7) is 3.10. The molecular formula is C19H21ClN4O3. The molecule has 0 saturated carbocycles. The highest BCUT2D eigenvalue weighted by atomic mass is 35.5. The molecule has 1 aliphatic rings. The van der Waals surface area contributed by atoms with Crippen LogP contribution >= 0.6 is 11.6 Å². The molecule has 1 saturated heterocycles. The number of carbonyl (C=O) groups excluding carboxylic acids is 2. The second-order valence-corrected chi connectivity index (χ2v) is 6.56. The van der Waals surface area contributed by atoms with Crippen molar-refractivity contribution in [1.82, 2.24) is 15.2 Å². The Bertz CT molecular complexity index is 764. The summed E-state index contributed by atoms with van der Waals surface area (Å²) in [7, 11) is 0. The third-order valence-corrected chi connectivity index (χ3v) is 4.57. The first-order valence-electron chi connectivity index (χ1n) is 8.70. The summed E-state index contributed by atoms with van der Waals surface area (Å²) >= 11 is 5.82. The number of hydrogen-bond donors (Lipinski definition) is 2. The number of morpholine rings is 1. The molecule has 1 aromatic heterocycles. The molecule has 0 spiro atoms. The van der Waals surface area contributed by atoms with E-state index in [0.29, 0.717) is 30.5 Å². The minimum Gasteiger partial charge on any atom is -0.379 e. The monoisotopic (exact) mass is 388 g/mol. The van der Waals surface area contributed by atoms with Gasteiger partial charge in [-0.2, -0.15) is 0 Å². The second-order valence-electron chi connectivity index (χ2n) is 6.12. The van der Waals surface area contributed by atoms with Crippen LogP contribution in [0.1, 0.15) is 11.6 Å². The lowest BCUT2D eigenvalue weighted by atomic mass is 10.1. The number of nitrogens with zero attached hydrogens (tertiary/aromatic N) is 2. The highest BCUT2D eigenvalue weighted by Gasteiger charge is 2.24. The summed E-state index contributed by atoms with van der Waals surface area (Å²) in [5.74, 6) is -1.41. The van der Waals surface area contributed by atoms with E-state index in [4.69, 9.17) is 16.3 Å². The lowest BCUT2D eigenvalue weighted by Crippen LogP contribution is -2.45. The highest BCUT2D eigenvalue weighted by Crippen LogP contribution is 2.20. The average molecular weight is 389 g/mol. The van der Waals surface area contributed by atoms with Gasteiger partial charge in [0, 0.05) is 42.7 Å². The third-order valence-electron chi connectivity index (χ3n) is 4.32. The van der Waals surface area contributed by atoms with Gasteiger partial charge in [-0.15, -0.1) is 0 Å². The zero-order valence-electron chi connectivity index (χ0n) is 14.7. The Hall–Kier alpha value is -2.48. The van der Waals surface area contributed by atoms with Crippen LogP contribution in [-0.2, 0) is 14.3 Å². The number of benzene rings is 1. The lowest BCUT2D eigenvalue weighted by Gasteiger charge is -2.34. The minimum absolute atomic E-state index is 0.0742. The molecule has 1 atom stereocenters. The van der Waals surface area contributed by atoms with Gasteiger partial charge < -0.3 is 15.4 Å². The zero-order valence-corrected chi connectivity index (χ0v) is 15.5. The summed E-state index contributed by atoms with van der Waals surface area (Å²) < 4.78 is 5.41. The molecule has 2 aromatic rings. The van der Waals surface area contributed by atoms with Crippen LogP contribution in [0.4, 0.5) is 5.69 Å². The van der Waals surface area contributed by atoms with E-state index in [2.05, 4.69) is 20.5 Å². The van der Waals surface area contributed by atoms with Crippen molar-refractivity contribution in [2.75, 3.05) is 38.2 Å². The van der Waals surface area contributed by atoms with Crippen molar-refractivity contribution in [1.29, 1.82) is 0 Å². The van der Waals surface area contributed by atoms with Gasteiger partial charge in [0.1, 0.15) is 0 Å². The van der Waals surface area contributed by atoms with Crippen LogP contribution in [0.3, 0.4) is 0 Å². The molecule has 27 heavy (non-hydrogen) atoms. The van der Waals surface area contributed by atoms with Gasteiger partial charge in [-0.1, -0.05) is 17.7 Å². The number of nitrogens with one attached hydrogen (secondary N) is 2. The summed E-state index contributed by atoms with van der Waals surface area (Å²) in [6.07, 6.45) is 3.48. The van der Waals surface area contributed by atoms with Gasteiger partial charge in [-0.3, -0.25) is 19.5 Å². The summed E-state index contributed by atoms with van der Waals surface area (Å²) in [5, 5.41) is 5.84. The molecule has 0 unspecified atom stereocenters. The number of anilines is 1. The fourth-order valence-electron chi connectivity index (χ4n) is 2.91. The van der Waals surface area contributed by atoms with E-state index in [0.717, 1.165) is 18.7 Å². The molecule has 142 valence electrons. The molecule has 3 rings (SSSR count). The number of amides is 2. The van der Waals surface area contributed by atoms with E-state index in [1.165, 1.54) is 0 Å². The summed E-state index contributed by atoms with van der Waals surface area (Å²) in [4.78, 5) is 30.7. The van der Waals surface area contributed by atoms with E-state index in [9.17, 15) is 9.59 Å². The largest absolute Gasteiger partial charge is 0.379 e. The Morgan fingerprint density at radius 2 is 1.89 bits per heavy atom. The molecule has 1 aliphatic heterocycles. The number of ether oxygens (including phenoxy) is 1. The first-order chi connectivity index (χ1) is 13.1.